The second-order valence-corrected chi connectivity index (χ2v) is 8.49. The molecule has 1 aliphatic rings. The van der Waals surface area contributed by atoms with Crippen LogP contribution in [0.25, 0.3) is 0 Å². The number of amides is 2. The van der Waals surface area contributed by atoms with Gasteiger partial charge in [-0.25, -0.2) is 0 Å². The lowest BCUT2D eigenvalue weighted by Gasteiger charge is -2.20. The minimum Gasteiger partial charge on any atom is -0.352 e. The van der Waals surface area contributed by atoms with Crippen molar-refractivity contribution in [2.75, 3.05) is 11.9 Å². The molecule has 0 radical (unpaired) electrons. The van der Waals surface area contributed by atoms with Crippen molar-refractivity contribution >= 4 is 17.5 Å². The lowest BCUT2D eigenvalue weighted by molar-refractivity contribution is -0.120. The van der Waals surface area contributed by atoms with Gasteiger partial charge in [0.1, 0.15) is 0 Å². The number of benzene rings is 1. The maximum Gasteiger partial charge on any atom is 0.251 e. The monoisotopic (exact) mass is 400 g/mol. The molecule has 162 valence electrons. The smallest absolute Gasteiger partial charge is 0.251 e. The molecule has 1 aromatic rings. The van der Waals surface area contributed by atoms with Crippen LogP contribution in [0.15, 0.2) is 24.3 Å². The molecule has 0 saturated heterocycles. The van der Waals surface area contributed by atoms with Crippen LogP contribution >= 0.6 is 0 Å². The van der Waals surface area contributed by atoms with E-state index in [0.717, 1.165) is 44.3 Å². The van der Waals surface area contributed by atoms with Crippen molar-refractivity contribution in [2.45, 2.75) is 96.8 Å². The zero-order valence-corrected chi connectivity index (χ0v) is 18.3. The van der Waals surface area contributed by atoms with E-state index >= 15 is 0 Å². The van der Waals surface area contributed by atoms with Crippen molar-refractivity contribution in [3.8, 4) is 0 Å². The fourth-order valence-electron chi connectivity index (χ4n) is 4.05. The van der Waals surface area contributed by atoms with Crippen molar-refractivity contribution in [2.24, 2.45) is 5.92 Å². The number of carbonyl (C=O) groups is 2. The molecule has 4 heteroatoms. The van der Waals surface area contributed by atoms with E-state index in [-0.39, 0.29) is 17.7 Å². The van der Waals surface area contributed by atoms with E-state index in [1.807, 2.05) is 12.1 Å². The summed E-state index contributed by atoms with van der Waals surface area (Å²) in [5.74, 6) is 0.227. The SMILES string of the molecule is CCCCCCCCCCCNC(=O)c1ccc(NC(=O)C2CCCCC2)cc1. The van der Waals surface area contributed by atoms with Gasteiger partial charge >= 0.3 is 0 Å². The number of anilines is 1. The summed E-state index contributed by atoms with van der Waals surface area (Å²) in [6.07, 6.45) is 17.1. The second kappa shape index (κ2) is 14.2. The van der Waals surface area contributed by atoms with Crippen LogP contribution in [0.5, 0.6) is 0 Å². The molecule has 1 fully saturated rings. The normalized spacial score (nSPS) is 14.5. The molecule has 2 N–H and O–H groups in total. The topological polar surface area (TPSA) is 58.2 Å². The molecule has 2 rings (SSSR count). The van der Waals surface area contributed by atoms with Crippen molar-refractivity contribution in [3.63, 3.8) is 0 Å². The van der Waals surface area contributed by atoms with Gasteiger partial charge in [0.25, 0.3) is 5.91 Å². The maximum atomic E-state index is 12.3. The lowest BCUT2D eigenvalue weighted by atomic mass is 9.88. The van der Waals surface area contributed by atoms with Crippen LogP contribution in [0.4, 0.5) is 5.69 Å². The third kappa shape index (κ3) is 9.47. The Labute approximate surface area is 177 Å². The highest BCUT2D eigenvalue weighted by molar-refractivity contribution is 5.96. The summed E-state index contributed by atoms with van der Waals surface area (Å²) >= 11 is 0. The van der Waals surface area contributed by atoms with Gasteiger partial charge in [-0.15, -0.1) is 0 Å². The van der Waals surface area contributed by atoms with Crippen molar-refractivity contribution in [1.29, 1.82) is 0 Å². The van der Waals surface area contributed by atoms with Crippen molar-refractivity contribution in [1.82, 2.24) is 5.32 Å². The minimum absolute atomic E-state index is 0.0327. The van der Waals surface area contributed by atoms with E-state index < -0.39 is 0 Å². The highest BCUT2D eigenvalue weighted by atomic mass is 16.2. The molecule has 0 bridgehead atoms. The van der Waals surface area contributed by atoms with Gasteiger partial charge in [0.15, 0.2) is 0 Å². The molecule has 0 atom stereocenters. The molecule has 1 saturated carbocycles. The zero-order valence-electron chi connectivity index (χ0n) is 18.3. The summed E-state index contributed by atoms with van der Waals surface area (Å²) in [6.45, 7) is 2.98. The van der Waals surface area contributed by atoms with E-state index in [2.05, 4.69) is 17.6 Å². The van der Waals surface area contributed by atoms with Crippen LogP contribution in [0.2, 0.25) is 0 Å². The molecule has 0 spiro atoms. The molecule has 1 aromatic carbocycles. The van der Waals surface area contributed by atoms with Gasteiger partial charge in [-0.3, -0.25) is 9.59 Å². The Bertz CT molecular complexity index is 591. The molecule has 29 heavy (non-hydrogen) atoms. The predicted octanol–water partition coefficient (Wildman–Crippen LogP) is 6.47. The van der Waals surface area contributed by atoms with Gasteiger partial charge in [-0.2, -0.15) is 0 Å². The number of rotatable bonds is 13. The zero-order chi connectivity index (χ0) is 20.7. The van der Waals surface area contributed by atoms with Gasteiger partial charge < -0.3 is 10.6 Å². The number of hydrogen-bond acceptors (Lipinski definition) is 2. The summed E-state index contributed by atoms with van der Waals surface area (Å²) in [6, 6.07) is 7.24. The first-order valence-corrected chi connectivity index (χ1v) is 11.9. The quantitative estimate of drug-likeness (QED) is 0.373. The summed E-state index contributed by atoms with van der Waals surface area (Å²) in [4.78, 5) is 24.6. The first-order valence-electron chi connectivity index (χ1n) is 11.9. The highest BCUT2D eigenvalue weighted by Gasteiger charge is 2.21. The van der Waals surface area contributed by atoms with Crippen LogP contribution in [-0.4, -0.2) is 18.4 Å². The van der Waals surface area contributed by atoms with E-state index in [9.17, 15) is 9.59 Å². The number of unbranched alkanes of at least 4 members (excludes halogenated alkanes) is 8. The largest absolute Gasteiger partial charge is 0.352 e. The Morgan fingerprint density at radius 2 is 1.41 bits per heavy atom. The molecule has 0 aromatic heterocycles. The number of nitrogens with one attached hydrogen (secondary N) is 2. The standard InChI is InChI=1S/C25H40N2O2/c1-2-3-4-5-6-7-8-9-13-20-26-24(28)22-16-18-23(19-17-22)27-25(29)21-14-11-10-12-15-21/h16-19,21H,2-15,20H2,1H3,(H,26,28)(H,27,29). The predicted molar refractivity (Wildman–Crippen MR) is 121 cm³/mol. The summed E-state index contributed by atoms with van der Waals surface area (Å²) < 4.78 is 0. The van der Waals surface area contributed by atoms with Gasteiger partial charge in [0, 0.05) is 23.7 Å². The Morgan fingerprint density at radius 1 is 0.828 bits per heavy atom. The van der Waals surface area contributed by atoms with Gasteiger partial charge in [0.2, 0.25) is 5.91 Å². The Morgan fingerprint density at radius 3 is 2.03 bits per heavy atom. The van der Waals surface area contributed by atoms with E-state index in [0.29, 0.717) is 5.56 Å². The molecule has 0 heterocycles. The second-order valence-electron chi connectivity index (χ2n) is 8.49. The third-order valence-electron chi connectivity index (χ3n) is 5.96. The van der Waals surface area contributed by atoms with E-state index in [1.165, 1.54) is 57.8 Å². The van der Waals surface area contributed by atoms with Crippen LogP contribution in [-0.2, 0) is 4.79 Å². The molecule has 1 aliphatic carbocycles. The average molecular weight is 401 g/mol. The van der Waals surface area contributed by atoms with Crippen LogP contribution < -0.4 is 10.6 Å². The molecular formula is C25H40N2O2. The first kappa shape index (κ1) is 23.4. The molecule has 2 amide bonds. The maximum absolute atomic E-state index is 12.3. The van der Waals surface area contributed by atoms with E-state index in [4.69, 9.17) is 0 Å². The Balaban J connectivity index is 1.58. The molecule has 4 nitrogen and oxygen atoms in total. The van der Waals surface area contributed by atoms with Crippen LogP contribution in [0.3, 0.4) is 0 Å². The van der Waals surface area contributed by atoms with Crippen molar-refractivity contribution < 1.29 is 9.59 Å². The number of carbonyl (C=O) groups excluding carboxylic acids is 2. The summed E-state index contributed by atoms with van der Waals surface area (Å²) in [5, 5.41) is 6.00. The van der Waals surface area contributed by atoms with Gasteiger partial charge in [-0.05, 0) is 43.5 Å². The first-order chi connectivity index (χ1) is 14.2. The number of hydrogen-bond donors (Lipinski definition) is 2. The fraction of sp³-hybridized carbons (Fsp3) is 0.680. The third-order valence-corrected chi connectivity index (χ3v) is 5.96. The van der Waals surface area contributed by atoms with Gasteiger partial charge in [-0.1, -0.05) is 77.6 Å². The molecular weight excluding hydrogens is 360 g/mol. The average Bonchev–Trinajstić information content (AvgIpc) is 2.76. The fourth-order valence-corrected chi connectivity index (χ4v) is 4.05. The van der Waals surface area contributed by atoms with Crippen molar-refractivity contribution in [3.05, 3.63) is 29.8 Å². The highest BCUT2D eigenvalue weighted by Crippen LogP contribution is 2.25. The Hall–Kier alpha value is -1.84. The minimum atomic E-state index is -0.0327. The summed E-state index contributed by atoms with van der Waals surface area (Å²) in [5.41, 5.74) is 1.42. The molecule has 0 aliphatic heterocycles. The van der Waals surface area contributed by atoms with Gasteiger partial charge in [0.05, 0.1) is 0 Å². The Kier molecular flexibility index (Phi) is 11.5. The van der Waals surface area contributed by atoms with Crippen LogP contribution in [0.1, 0.15) is 107 Å². The lowest BCUT2D eigenvalue weighted by Crippen LogP contribution is -2.25. The summed E-state index contributed by atoms with van der Waals surface area (Å²) in [7, 11) is 0. The van der Waals surface area contributed by atoms with Crippen LogP contribution in [0, 0.1) is 5.92 Å². The molecule has 0 unspecified atom stereocenters. The van der Waals surface area contributed by atoms with E-state index in [1.54, 1.807) is 12.1 Å².